The van der Waals surface area contributed by atoms with Crippen LogP contribution in [0.2, 0.25) is 0 Å². The van der Waals surface area contributed by atoms with E-state index in [9.17, 15) is 9.18 Å². The zero-order valence-electron chi connectivity index (χ0n) is 13.7. The second kappa shape index (κ2) is 7.81. The van der Waals surface area contributed by atoms with Crippen molar-refractivity contribution in [3.8, 4) is 0 Å². The fraction of sp³-hybridized carbons (Fsp3) is 0.316. The number of amides is 1. The van der Waals surface area contributed by atoms with E-state index in [-0.39, 0.29) is 17.1 Å². The fourth-order valence-electron chi connectivity index (χ4n) is 2.90. The van der Waals surface area contributed by atoms with E-state index in [4.69, 9.17) is 0 Å². The van der Waals surface area contributed by atoms with Crippen LogP contribution in [0.15, 0.2) is 54.6 Å². The van der Waals surface area contributed by atoms with E-state index in [1.807, 2.05) is 35.0 Å². The zero-order chi connectivity index (χ0) is 16.9. The first-order valence-electron chi connectivity index (χ1n) is 8.02. The molecule has 1 heterocycles. The van der Waals surface area contributed by atoms with E-state index < -0.39 is 0 Å². The van der Waals surface area contributed by atoms with Gasteiger partial charge in [0.1, 0.15) is 11.2 Å². The summed E-state index contributed by atoms with van der Waals surface area (Å²) in [6.07, 6.45) is 0. The van der Waals surface area contributed by atoms with Gasteiger partial charge in [-0.2, -0.15) is 0 Å². The highest BCUT2D eigenvalue weighted by molar-refractivity contribution is 7.99. The summed E-state index contributed by atoms with van der Waals surface area (Å²) in [6, 6.07) is 16.6. The lowest BCUT2D eigenvalue weighted by molar-refractivity contribution is -0.132. The lowest BCUT2D eigenvalue weighted by Crippen LogP contribution is -2.38. The average Bonchev–Trinajstić information content (AvgIpc) is 3.06. The van der Waals surface area contributed by atoms with Gasteiger partial charge in [0.05, 0.1) is 6.54 Å². The van der Waals surface area contributed by atoms with Crippen LogP contribution in [0.5, 0.6) is 0 Å². The molecule has 0 aliphatic carbocycles. The van der Waals surface area contributed by atoms with Gasteiger partial charge >= 0.3 is 0 Å². The highest BCUT2D eigenvalue weighted by Crippen LogP contribution is 2.37. The van der Waals surface area contributed by atoms with Crippen molar-refractivity contribution in [2.75, 3.05) is 25.9 Å². The molecule has 0 aromatic heterocycles. The summed E-state index contributed by atoms with van der Waals surface area (Å²) in [5, 5.41) is -0.0109. The summed E-state index contributed by atoms with van der Waals surface area (Å²) in [5.74, 6) is 0.783. The third kappa shape index (κ3) is 4.16. The number of benzene rings is 2. The van der Waals surface area contributed by atoms with Crippen molar-refractivity contribution in [1.29, 1.82) is 0 Å². The van der Waals surface area contributed by atoms with Crippen LogP contribution >= 0.6 is 11.8 Å². The van der Waals surface area contributed by atoms with Gasteiger partial charge in [-0.15, -0.1) is 11.8 Å². The summed E-state index contributed by atoms with van der Waals surface area (Å²) >= 11 is 1.73. The normalized spacial score (nSPS) is 17.5. The van der Waals surface area contributed by atoms with Gasteiger partial charge in [0.15, 0.2) is 0 Å². The van der Waals surface area contributed by atoms with E-state index in [1.165, 1.54) is 17.7 Å². The quantitative estimate of drug-likeness (QED) is 0.829. The molecule has 2 aromatic carbocycles. The summed E-state index contributed by atoms with van der Waals surface area (Å²) in [5.41, 5.74) is 2.18. The van der Waals surface area contributed by atoms with Gasteiger partial charge in [0.2, 0.25) is 5.91 Å². The molecule has 126 valence electrons. The topological polar surface area (TPSA) is 23.6 Å². The van der Waals surface area contributed by atoms with Crippen LogP contribution in [0.25, 0.3) is 0 Å². The van der Waals surface area contributed by atoms with Gasteiger partial charge in [-0.1, -0.05) is 42.5 Å². The van der Waals surface area contributed by atoms with Crippen molar-refractivity contribution in [2.45, 2.75) is 11.9 Å². The maximum Gasteiger partial charge on any atom is 0.237 e. The maximum atomic E-state index is 13.1. The Labute approximate surface area is 146 Å². The smallest absolute Gasteiger partial charge is 0.237 e. The van der Waals surface area contributed by atoms with Crippen LogP contribution in [0.4, 0.5) is 4.39 Å². The van der Waals surface area contributed by atoms with Crippen molar-refractivity contribution >= 4 is 17.7 Å². The standard InChI is InChI=1S/C19H21FN2OS/c1-21(13-15-5-3-2-4-6-15)14-18(23)22-11-12-24-19(22)16-7-9-17(20)10-8-16/h2-10,19H,11-14H2,1H3. The molecular weight excluding hydrogens is 323 g/mol. The number of carbonyl (C=O) groups is 1. The van der Waals surface area contributed by atoms with E-state index >= 15 is 0 Å². The summed E-state index contributed by atoms with van der Waals surface area (Å²) in [4.78, 5) is 16.6. The first-order valence-corrected chi connectivity index (χ1v) is 9.07. The zero-order valence-corrected chi connectivity index (χ0v) is 14.5. The average molecular weight is 344 g/mol. The number of hydrogen-bond acceptors (Lipinski definition) is 3. The minimum Gasteiger partial charge on any atom is -0.325 e. The predicted molar refractivity (Wildman–Crippen MR) is 96.1 cm³/mol. The monoisotopic (exact) mass is 344 g/mol. The molecule has 3 nitrogen and oxygen atoms in total. The van der Waals surface area contributed by atoms with Crippen LogP contribution in [-0.4, -0.2) is 41.6 Å². The molecule has 0 N–H and O–H groups in total. The highest BCUT2D eigenvalue weighted by Gasteiger charge is 2.30. The van der Waals surface area contributed by atoms with Crippen molar-refractivity contribution < 1.29 is 9.18 Å². The number of nitrogens with zero attached hydrogens (tertiary/aromatic N) is 2. The SMILES string of the molecule is CN(CC(=O)N1CCSC1c1ccc(F)cc1)Cc1ccccc1. The van der Waals surface area contributed by atoms with Gasteiger partial charge in [-0.25, -0.2) is 4.39 Å². The Hall–Kier alpha value is -1.85. The van der Waals surface area contributed by atoms with Gasteiger partial charge < -0.3 is 4.90 Å². The molecule has 3 rings (SSSR count). The van der Waals surface area contributed by atoms with Crippen LogP contribution in [0.3, 0.4) is 0 Å². The molecule has 0 spiro atoms. The van der Waals surface area contributed by atoms with Gasteiger partial charge in [-0.05, 0) is 30.3 Å². The number of likely N-dealkylation sites (N-methyl/N-ethyl adjacent to an activating group) is 1. The summed E-state index contributed by atoms with van der Waals surface area (Å²) < 4.78 is 13.1. The van der Waals surface area contributed by atoms with Crippen molar-refractivity contribution in [2.24, 2.45) is 0 Å². The van der Waals surface area contributed by atoms with Crippen LogP contribution in [0.1, 0.15) is 16.5 Å². The van der Waals surface area contributed by atoms with Crippen molar-refractivity contribution in [3.63, 3.8) is 0 Å². The minimum absolute atomic E-state index is 0.0109. The molecule has 2 aromatic rings. The van der Waals surface area contributed by atoms with Crippen LogP contribution in [0, 0.1) is 5.82 Å². The Kier molecular flexibility index (Phi) is 5.53. The van der Waals surface area contributed by atoms with Crippen LogP contribution in [-0.2, 0) is 11.3 Å². The predicted octanol–water partition coefficient (Wildman–Crippen LogP) is 3.53. The molecule has 5 heteroatoms. The molecule has 0 radical (unpaired) electrons. The third-order valence-corrected chi connectivity index (χ3v) is 5.33. The number of rotatable bonds is 5. The molecule has 1 unspecified atom stereocenters. The Morgan fingerprint density at radius 1 is 1.21 bits per heavy atom. The Morgan fingerprint density at radius 2 is 1.92 bits per heavy atom. The molecule has 1 saturated heterocycles. The fourth-order valence-corrected chi connectivity index (χ4v) is 4.18. The van der Waals surface area contributed by atoms with E-state index in [0.717, 1.165) is 24.4 Å². The molecule has 1 aliphatic rings. The molecule has 1 aliphatic heterocycles. The van der Waals surface area contributed by atoms with Crippen molar-refractivity contribution in [1.82, 2.24) is 9.80 Å². The first kappa shape index (κ1) is 17.0. The summed E-state index contributed by atoms with van der Waals surface area (Å²) in [6.45, 7) is 1.87. The molecule has 0 bridgehead atoms. The third-order valence-electron chi connectivity index (χ3n) is 4.07. The lowest BCUT2D eigenvalue weighted by Gasteiger charge is -2.26. The Balaban J connectivity index is 1.62. The van der Waals surface area contributed by atoms with Gasteiger partial charge in [0, 0.05) is 18.8 Å². The lowest BCUT2D eigenvalue weighted by atomic mass is 10.2. The van der Waals surface area contributed by atoms with E-state index in [2.05, 4.69) is 12.1 Å². The number of carbonyl (C=O) groups excluding carboxylic acids is 1. The summed E-state index contributed by atoms with van der Waals surface area (Å²) in [7, 11) is 1.96. The van der Waals surface area contributed by atoms with Gasteiger partial charge in [-0.3, -0.25) is 9.69 Å². The second-order valence-corrected chi connectivity index (χ2v) is 7.21. The first-order chi connectivity index (χ1) is 11.6. The molecule has 0 saturated carbocycles. The second-order valence-electron chi connectivity index (χ2n) is 6.02. The molecular formula is C19H21FN2OS. The van der Waals surface area contributed by atoms with Crippen LogP contribution < -0.4 is 0 Å². The maximum absolute atomic E-state index is 13.1. The number of thioether (sulfide) groups is 1. The Bertz CT molecular complexity index is 678. The van der Waals surface area contributed by atoms with E-state index in [1.54, 1.807) is 23.9 Å². The Morgan fingerprint density at radius 3 is 2.62 bits per heavy atom. The molecule has 1 atom stereocenters. The number of halogens is 1. The van der Waals surface area contributed by atoms with Gasteiger partial charge in [0.25, 0.3) is 0 Å². The molecule has 24 heavy (non-hydrogen) atoms. The highest BCUT2D eigenvalue weighted by atomic mass is 32.2. The largest absolute Gasteiger partial charge is 0.325 e. The molecule has 1 fully saturated rings. The number of hydrogen-bond donors (Lipinski definition) is 0. The molecule has 1 amide bonds. The van der Waals surface area contributed by atoms with E-state index in [0.29, 0.717) is 6.54 Å². The van der Waals surface area contributed by atoms with Crippen molar-refractivity contribution in [3.05, 3.63) is 71.5 Å². The minimum atomic E-state index is -0.248.